The summed E-state index contributed by atoms with van der Waals surface area (Å²) in [6, 6.07) is 3.54. The second-order valence-corrected chi connectivity index (χ2v) is 6.08. The molecule has 4 nitrogen and oxygen atoms in total. The van der Waals surface area contributed by atoms with Gasteiger partial charge in [-0.15, -0.1) is 0 Å². The lowest BCUT2D eigenvalue weighted by Gasteiger charge is -2.44. The molecule has 6 heteroatoms. The van der Waals surface area contributed by atoms with E-state index >= 15 is 0 Å². The number of benzene rings is 1. The van der Waals surface area contributed by atoms with Crippen LogP contribution in [0.2, 0.25) is 0 Å². The third-order valence-electron chi connectivity index (χ3n) is 4.92. The van der Waals surface area contributed by atoms with Crippen molar-refractivity contribution >= 4 is 6.03 Å². The summed E-state index contributed by atoms with van der Waals surface area (Å²) in [6.45, 7) is 0.614. The Morgan fingerprint density at radius 1 is 1.10 bits per heavy atom. The molecule has 0 radical (unpaired) electrons. The molecule has 1 aromatic rings. The minimum Gasteiger partial charge on any atom is -0.336 e. The van der Waals surface area contributed by atoms with Crippen LogP contribution >= 0.6 is 0 Å². The molecule has 3 N–H and O–H groups in total. The molecule has 1 heterocycles. The van der Waals surface area contributed by atoms with Gasteiger partial charge in [-0.3, -0.25) is 0 Å². The summed E-state index contributed by atoms with van der Waals surface area (Å²) in [4.78, 5) is 11.4. The van der Waals surface area contributed by atoms with Gasteiger partial charge in [0.2, 0.25) is 0 Å². The van der Waals surface area contributed by atoms with E-state index in [-0.39, 0.29) is 11.6 Å². The molecule has 21 heavy (non-hydrogen) atoms. The van der Waals surface area contributed by atoms with Crippen LogP contribution in [0.5, 0.6) is 0 Å². The third-order valence-corrected chi connectivity index (χ3v) is 4.92. The zero-order chi connectivity index (χ0) is 15.1. The Bertz CT molecular complexity index is 548. The van der Waals surface area contributed by atoms with Crippen LogP contribution in [0.1, 0.15) is 31.2 Å². The third kappa shape index (κ3) is 2.48. The van der Waals surface area contributed by atoms with E-state index in [1.54, 1.807) is 0 Å². The predicted molar refractivity (Wildman–Crippen MR) is 74.8 cm³/mol. The van der Waals surface area contributed by atoms with E-state index in [2.05, 4.69) is 16.0 Å². The fourth-order valence-corrected chi connectivity index (χ4v) is 3.55. The number of rotatable bonds is 2. The number of carbonyl (C=O) groups excluding carboxylic acids is 1. The van der Waals surface area contributed by atoms with Gasteiger partial charge in [0.05, 0.1) is 5.54 Å². The molecule has 2 amide bonds. The molecule has 0 unspecified atom stereocenters. The SMILES string of the molecule is CNC1(c2cc(F)cc(F)c2)CCC2(CC1)CNC(=O)N2. The number of halogens is 2. The van der Waals surface area contributed by atoms with Crippen molar-refractivity contribution in [2.24, 2.45) is 0 Å². The van der Waals surface area contributed by atoms with Gasteiger partial charge in [0.15, 0.2) is 0 Å². The first-order chi connectivity index (χ1) is 9.97. The molecule has 0 atom stereocenters. The summed E-state index contributed by atoms with van der Waals surface area (Å²) in [5.74, 6) is -1.12. The zero-order valence-electron chi connectivity index (χ0n) is 11.9. The van der Waals surface area contributed by atoms with Crippen LogP contribution in [0.15, 0.2) is 18.2 Å². The van der Waals surface area contributed by atoms with Crippen LogP contribution in [0.3, 0.4) is 0 Å². The summed E-state index contributed by atoms with van der Waals surface area (Å²) in [5, 5.41) is 9.01. The van der Waals surface area contributed by atoms with Gasteiger partial charge in [-0.25, -0.2) is 13.6 Å². The molecule has 1 saturated heterocycles. The monoisotopic (exact) mass is 295 g/mol. The minimum atomic E-state index is -0.559. The smallest absolute Gasteiger partial charge is 0.315 e. The minimum absolute atomic E-state index is 0.135. The van der Waals surface area contributed by atoms with Crippen LogP contribution in [-0.4, -0.2) is 25.2 Å². The Labute approximate surface area is 122 Å². The lowest BCUT2D eigenvalue weighted by molar-refractivity contribution is 0.165. The fraction of sp³-hybridized carbons (Fsp3) is 0.533. The normalized spacial score (nSPS) is 32.0. The highest BCUT2D eigenvalue weighted by atomic mass is 19.1. The molecule has 2 aliphatic rings. The van der Waals surface area contributed by atoms with Gasteiger partial charge in [-0.2, -0.15) is 0 Å². The first-order valence-electron chi connectivity index (χ1n) is 7.19. The van der Waals surface area contributed by atoms with Crippen molar-refractivity contribution in [1.82, 2.24) is 16.0 Å². The standard InChI is InChI=1S/C15H19F2N3O/c1-18-15(10-6-11(16)8-12(17)7-10)4-2-14(3-5-15)9-19-13(21)20-14/h6-8,18H,2-5,9H2,1H3,(H2,19,20,21). The molecule has 3 rings (SSSR count). The molecule has 1 aliphatic heterocycles. The number of nitrogens with one attached hydrogen (secondary N) is 3. The first-order valence-corrected chi connectivity index (χ1v) is 7.19. The second-order valence-electron chi connectivity index (χ2n) is 6.08. The quantitative estimate of drug-likeness (QED) is 0.782. The van der Waals surface area contributed by atoms with E-state index in [4.69, 9.17) is 0 Å². The Kier molecular flexibility index (Phi) is 3.36. The molecular formula is C15H19F2N3O. The summed E-state index contributed by atoms with van der Waals surface area (Å²) >= 11 is 0. The zero-order valence-corrected chi connectivity index (χ0v) is 11.9. The van der Waals surface area contributed by atoms with Crippen molar-refractivity contribution in [3.05, 3.63) is 35.4 Å². The molecule has 0 bridgehead atoms. The Morgan fingerprint density at radius 2 is 1.71 bits per heavy atom. The lowest BCUT2D eigenvalue weighted by Crippen LogP contribution is -2.53. The molecule has 0 aromatic heterocycles. The van der Waals surface area contributed by atoms with Gasteiger partial charge < -0.3 is 16.0 Å². The summed E-state index contributed by atoms with van der Waals surface area (Å²) < 4.78 is 27.0. The average molecular weight is 295 g/mol. The van der Waals surface area contributed by atoms with E-state index in [1.165, 1.54) is 12.1 Å². The summed E-state index contributed by atoms with van der Waals surface area (Å²) in [6.07, 6.45) is 2.97. The largest absolute Gasteiger partial charge is 0.336 e. The number of hydrogen-bond acceptors (Lipinski definition) is 2. The van der Waals surface area contributed by atoms with Crippen molar-refractivity contribution in [3.63, 3.8) is 0 Å². The van der Waals surface area contributed by atoms with Crippen LogP contribution in [0.4, 0.5) is 13.6 Å². The van der Waals surface area contributed by atoms with E-state index in [0.717, 1.165) is 18.9 Å². The fourth-order valence-electron chi connectivity index (χ4n) is 3.55. The number of carbonyl (C=O) groups is 1. The highest BCUT2D eigenvalue weighted by molar-refractivity contribution is 5.77. The maximum Gasteiger partial charge on any atom is 0.315 e. The Balaban J connectivity index is 1.85. The van der Waals surface area contributed by atoms with Crippen LogP contribution in [0.25, 0.3) is 0 Å². The lowest BCUT2D eigenvalue weighted by atomic mass is 9.69. The van der Waals surface area contributed by atoms with Gasteiger partial charge in [0.25, 0.3) is 0 Å². The molecule has 114 valence electrons. The predicted octanol–water partition coefficient (Wildman–Crippen LogP) is 2.01. The van der Waals surface area contributed by atoms with E-state index in [1.807, 2.05) is 7.05 Å². The van der Waals surface area contributed by atoms with Crippen LogP contribution in [0, 0.1) is 11.6 Å². The van der Waals surface area contributed by atoms with Gasteiger partial charge in [0.1, 0.15) is 11.6 Å². The van der Waals surface area contributed by atoms with Crippen molar-refractivity contribution in [2.45, 2.75) is 36.8 Å². The maximum atomic E-state index is 13.5. The molecule has 1 saturated carbocycles. The highest BCUT2D eigenvalue weighted by Gasteiger charge is 2.46. The molecular weight excluding hydrogens is 276 g/mol. The molecule has 1 aliphatic carbocycles. The summed E-state index contributed by atoms with van der Waals surface area (Å²) in [5.41, 5.74) is -0.0280. The first kappa shape index (κ1) is 14.3. The topological polar surface area (TPSA) is 53.2 Å². The van der Waals surface area contributed by atoms with Crippen LogP contribution < -0.4 is 16.0 Å². The van der Waals surface area contributed by atoms with E-state index in [9.17, 15) is 13.6 Å². The maximum absolute atomic E-state index is 13.5. The van der Waals surface area contributed by atoms with Crippen molar-refractivity contribution < 1.29 is 13.6 Å². The van der Waals surface area contributed by atoms with Crippen molar-refractivity contribution in [3.8, 4) is 0 Å². The van der Waals surface area contributed by atoms with Crippen LogP contribution in [-0.2, 0) is 5.54 Å². The van der Waals surface area contributed by atoms with Gasteiger partial charge in [-0.05, 0) is 50.4 Å². The molecule has 1 spiro atoms. The average Bonchev–Trinajstić information content (AvgIpc) is 2.80. The number of amides is 2. The molecule has 2 fully saturated rings. The van der Waals surface area contributed by atoms with Gasteiger partial charge >= 0.3 is 6.03 Å². The number of urea groups is 1. The van der Waals surface area contributed by atoms with Gasteiger partial charge in [-0.1, -0.05) is 0 Å². The Hall–Kier alpha value is -1.69. The molecule has 1 aromatic carbocycles. The van der Waals surface area contributed by atoms with E-state index in [0.29, 0.717) is 24.9 Å². The van der Waals surface area contributed by atoms with Crippen molar-refractivity contribution in [2.75, 3.05) is 13.6 Å². The van der Waals surface area contributed by atoms with Gasteiger partial charge in [0, 0.05) is 18.2 Å². The van der Waals surface area contributed by atoms with Crippen molar-refractivity contribution in [1.29, 1.82) is 0 Å². The summed E-state index contributed by atoms with van der Waals surface area (Å²) in [7, 11) is 1.81. The Morgan fingerprint density at radius 3 is 2.19 bits per heavy atom. The van der Waals surface area contributed by atoms with E-state index < -0.39 is 17.2 Å². The second kappa shape index (κ2) is 4.94. The number of hydrogen-bond donors (Lipinski definition) is 3. The highest BCUT2D eigenvalue weighted by Crippen LogP contribution is 2.42.